The van der Waals surface area contributed by atoms with E-state index in [4.69, 9.17) is 5.73 Å². The highest BCUT2D eigenvalue weighted by Crippen LogP contribution is 2.34. The predicted octanol–water partition coefficient (Wildman–Crippen LogP) is 2.91. The molecule has 4 rings (SSSR count). The number of hydrogen-bond donors (Lipinski definition) is 1. The first-order chi connectivity index (χ1) is 14.0. The number of piperidine rings is 2. The van der Waals surface area contributed by atoms with Gasteiger partial charge in [-0.1, -0.05) is 12.1 Å². The van der Waals surface area contributed by atoms with Crippen LogP contribution in [0.2, 0.25) is 0 Å². The van der Waals surface area contributed by atoms with Gasteiger partial charge in [-0.3, -0.25) is 4.79 Å². The SMILES string of the molecule is CN1CCC(C(=O)N2CCC[C@H](c3nc(N)ncc3-c3cccc(F)c3)C2)CC1. The van der Waals surface area contributed by atoms with Gasteiger partial charge in [0.1, 0.15) is 5.82 Å². The summed E-state index contributed by atoms with van der Waals surface area (Å²) in [6, 6.07) is 6.44. The minimum atomic E-state index is -0.298. The molecule has 154 valence electrons. The van der Waals surface area contributed by atoms with Crippen molar-refractivity contribution in [3.05, 3.63) is 42.0 Å². The van der Waals surface area contributed by atoms with Gasteiger partial charge < -0.3 is 15.5 Å². The lowest BCUT2D eigenvalue weighted by Gasteiger charge is -2.37. The van der Waals surface area contributed by atoms with E-state index in [-0.39, 0.29) is 29.5 Å². The number of aromatic nitrogens is 2. The van der Waals surface area contributed by atoms with E-state index in [0.717, 1.165) is 62.1 Å². The first-order valence-corrected chi connectivity index (χ1v) is 10.4. The number of halogens is 1. The van der Waals surface area contributed by atoms with E-state index < -0.39 is 0 Å². The van der Waals surface area contributed by atoms with E-state index >= 15 is 0 Å². The smallest absolute Gasteiger partial charge is 0.225 e. The molecule has 2 fully saturated rings. The highest BCUT2D eigenvalue weighted by molar-refractivity contribution is 5.79. The van der Waals surface area contributed by atoms with E-state index in [2.05, 4.69) is 21.9 Å². The van der Waals surface area contributed by atoms with Crippen LogP contribution in [0.15, 0.2) is 30.5 Å². The van der Waals surface area contributed by atoms with Crippen LogP contribution in [-0.2, 0) is 4.79 Å². The van der Waals surface area contributed by atoms with E-state index in [0.29, 0.717) is 6.54 Å². The van der Waals surface area contributed by atoms with Gasteiger partial charge in [-0.05, 0) is 63.5 Å². The average molecular weight is 397 g/mol. The van der Waals surface area contributed by atoms with Crippen molar-refractivity contribution in [3.63, 3.8) is 0 Å². The third-order valence-electron chi connectivity index (χ3n) is 6.16. The van der Waals surface area contributed by atoms with E-state index in [1.807, 2.05) is 11.0 Å². The third-order valence-corrected chi connectivity index (χ3v) is 6.16. The van der Waals surface area contributed by atoms with Crippen LogP contribution in [0.25, 0.3) is 11.1 Å². The summed E-state index contributed by atoms with van der Waals surface area (Å²) in [6.07, 6.45) is 5.37. The number of rotatable bonds is 3. The maximum absolute atomic E-state index is 13.8. The highest BCUT2D eigenvalue weighted by Gasteiger charge is 2.32. The second kappa shape index (κ2) is 8.45. The molecule has 0 aliphatic carbocycles. The summed E-state index contributed by atoms with van der Waals surface area (Å²) in [7, 11) is 2.10. The van der Waals surface area contributed by atoms with Gasteiger partial charge in [0.2, 0.25) is 11.9 Å². The number of nitrogens with two attached hydrogens (primary N) is 1. The first-order valence-electron chi connectivity index (χ1n) is 10.4. The van der Waals surface area contributed by atoms with Crippen molar-refractivity contribution in [2.45, 2.75) is 31.6 Å². The largest absolute Gasteiger partial charge is 0.368 e. The van der Waals surface area contributed by atoms with Crippen molar-refractivity contribution < 1.29 is 9.18 Å². The topological polar surface area (TPSA) is 75.4 Å². The van der Waals surface area contributed by atoms with Crippen molar-refractivity contribution in [3.8, 4) is 11.1 Å². The Morgan fingerprint density at radius 1 is 1.21 bits per heavy atom. The average Bonchev–Trinajstić information content (AvgIpc) is 2.74. The lowest BCUT2D eigenvalue weighted by atomic mass is 9.88. The lowest BCUT2D eigenvalue weighted by molar-refractivity contribution is -0.138. The third kappa shape index (κ3) is 4.40. The van der Waals surface area contributed by atoms with Gasteiger partial charge in [-0.2, -0.15) is 0 Å². The summed E-state index contributed by atoms with van der Waals surface area (Å²) in [5.74, 6) is 0.356. The van der Waals surface area contributed by atoms with Gasteiger partial charge >= 0.3 is 0 Å². The van der Waals surface area contributed by atoms with Crippen molar-refractivity contribution in [1.82, 2.24) is 19.8 Å². The van der Waals surface area contributed by atoms with Gasteiger partial charge in [-0.15, -0.1) is 0 Å². The van der Waals surface area contributed by atoms with Crippen LogP contribution in [0.5, 0.6) is 0 Å². The normalized spacial score (nSPS) is 21.3. The molecule has 0 spiro atoms. The minimum Gasteiger partial charge on any atom is -0.368 e. The fourth-order valence-corrected chi connectivity index (χ4v) is 4.51. The van der Waals surface area contributed by atoms with E-state index in [9.17, 15) is 9.18 Å². The Morgan fingerprint density at radius 2 is 2.00 bits per heavy atom. The fourth-order valence-electron chi connectivity index (χ4n) is 4.51. The van der Waals surface area contributed by atoms with Gasteiger partial charge in [-0.25, -0.2) is 14.4 Å². The number of benzene rings is 1. The van der Waals surface area contributed by atoms with Crippen LogP contribution >= 0.6 is 0 Å². The van der Waals surface area contributed by atoms with Crippen molar-refractivity contribution in [2.75, 3.05) is 39.0 Å². The Kier molecular flexibility index (Phi) is 5.76. The Labute approximate surface area is 170 Å². The van der Waals surface area contributed by atoms with Crippen LogP contribution in [-0.4, -0.2) is 58.9 Å². The van der Waals surface area contributed by atoms with Gasteiger partial charge in [0, 0.05) is 36.7 Å². The summed E-state index contributed by atoms with van der Waals surface area (Å²) in [5.41, 5.74) is 8.22. The van der Waals surface area contributed by atoms with Gasteiger partial charge in [0.25, 0.3) is 0 Å². The number of carbonyl (C=O) groups excluding carboxylic acids is 1. The number of carbonyl (C=O) groups is 1. The molecule has 2 aromatic rings. The zero-order chi connectivity index (χ0) is 20.4. The molecule has 2 aliphatic heterocycles. The molecular weight excluding hydrogens is 369 g/mol. The molecule has 1 aromatic carbocycles. The molecule has 1 amide bonds. The molecule has 2 N–H and O–H groups in total. The number of nitrogen functional groups attached to an aromatic ring is 1. The van der Waals surface area contributed by atoms with Crippen molar-refractivity contribution in [1.29, 1.82) is 0 Å². The van der Waals surface area contributed by atoms with Crippen LogP contribution < -0.4 is 5.73 Å². The monoisotopic (exact) mass is 397 g/mol. The zero-order valence-electron chi connectivity index (χ0n) is 16.9. The summed E-state index contributed by atoms with van der Waals surface area (Å²) in [6.45, 7) is 3.36. The maximum Gasteiger partial charge on any atom is 0.225 e. The molecule has 2 saturated heterocycles. The molecule has 2 aliphatic rings. The number of hydrogen-bond acceptors (Lipinski definition) is 5. The molecule has 29 heavy (non-hydrogen) atoms. The summed E-state index contributed by atoms with van der Waals surface area (Å²) in [5, 5.41) is 0. The van der Waals surface area contributed by atoms with Crippen LogP contribution in [0.1, 0.15) is 37.3 Å². The lowest BCUT2D eigenvalue weighted by Crippen LogP contribution is -2.45. The molecule has 6 nitrogen and oxygen atoms in total. The van der Waals surface area contributed by atoms with E-state index in [1.54, 1.807) is 12.3 Å². The summed E-state index contributed by atoms with van der Waals surface area (Å²) >= 11 is 0. The quantitative estimate of drug-likeness (QED) is 0.862. The molecule has 1 atom stereocenters. The maximum atomic E-state index is 13.8. The summed E-state index contributed by atoms with van der Waals surface area (Å²) < 4.78 is 13.8. The van der Waals surface area contributed by atoms with Crippen molar-refractivity contribution >= 4 is 11.9 Å². The Hall–Kier alpha value is -2.54. The van der Waals surface area contributed by atoms with E-state index in [1.165, 1.54) is 12.1 Å². The molecule has 0 unspecified atom stereocenters. The predicted molar refractivity (Wildman–Crippen MR) is 111 cm³/mol. The van der Waals surface area contributed by atoms with Crippen LogP contribution in [0.3, 0.4) is 0 Å². The second-order valence-corrected chi connectivity index (χ2v) is 8.24. The molecule has 1 aromatic heterocycles. The Bertz CT molecular complexity index is 881. The van der Waals surface area contributed by atoms with Gasteiger partial charge in [0.05, 0.1) is 5.69 Å². The zero-order valence-corrected chi connectivity index (χ0v) is 16.9. The number of anilines is 1. The first kappa shape index (κ1) is 19.8. The summed E-state index contributed by atoms with van der Waals surface area (Å²) in [4.78, 5) is 26.0. The number of likely N-dealkylation sites (tertiary alicyclic amines) is 2. The van der Waals surface area contributed by atoms with Crippen LogP contribution in [0, 0.1) is 11.7 Å². The minimum absolute atomic E-state index is 0.0718. The second-order valence-electron chi connectivity index (χ2n) is 8.24. The molecule has 0 bridgehead atoms. The Balaban J connectivity index is 1.57. The Morgan fingerprint density at radius 3 is 2.76 bits per heavy atom. The molecule has 3 heterocycles. The fraction of sp³-hybridized carbons (Fsp3) is 0.500. The number of amides is 1. The highest BCUT2D eigenvalue weighted by atomic mass is 19.1. The molecule has 7 heteroatoms. The van der Waals surface area contributed by atoms with Crippen LogP contribution in [0.4, 0.5) is 10.3 Å². The number of nitrogens with zero attached hydrogens (tertiary/aromatic N) is 4. The molecule has 0 saturated carbocycles. The molecule has 0 radical (unpaired) electrons. The standard InChI is InChI=1S/C22H28FN5O/c1-27-10-7-15(8-11-27)21(29)28-9-3-5-17(14-28)20-19(13-25-22(24)26-20)16-4-2-6-18(23)12-16/h2,4,6,12-13,15,17H,3,5,7-11,14H2,1H3,(H2,24,25,26)/t17-/m0/s1. The van der Waals surface area contributed by atoms with Crippen molar-refractivity contribution in [2.24, 2.45) is 5.92 Å². The molecular formula is C22H28FN5O. The van der Waals surface area contributed by atoms with Gasteiger partial charge in [0.15, 0.2) is 0 Å².